The average molecular weight is 237 g/mol. The number of rotatable bonds is 0. The van der Waals surface area contributed by atoms with Crippen LogP contribution < -0.4 is 0 Å². The van der Waals surface area contributed by atoms with Gasteiger partial charge in [-0.1, -0.05) is 11.6 Å². The van der Waals surface area contributed by atoms with Crippen LogP contribution >= 0.6 is 11.6 Å². The molecule has 2 rings (SSSR count). The molecule has 2 aromatic heterocycles. The van der Waals surface area contributed by atoms with E-state index in [1.54, 1.807) is 0 Å². The van der Waals surface area contributed by atoms with Crippen molar-refractivity contribution in [1.29, 1.82) is 0 Å². The molecule has 15 heavy (non-hydrogen) atoms. The van der Waals surface area contributed by atoms with Gasteiger partial charge in [-0.25, -0.2) is 4.98 Å². The molecular formula is C7H4ClF3N4. The second-order valence-electron chi connectivity index (χ2n) is 2.87. The number of aryl methyl sites for hydroxylation is 1. The van der Waals surface area contributed by atoms with Gasteiger partial charge >= 0.3 is 6.18 Å². The van der Waals surface area contributed by atoms with Crippen LogP contribution in [0.2, 0.25) is 5.15 Å². The SMILES string of the molecule is Cc1cnc(Cl)c2nnc(C(F)(F)F)n12. The molecule has 80 valence electrons. The lowest BCUT2D eigenvalue weighted by atomic mass is 10.4. The monoisotopic (exact) mass is 236 g/mol. The Kier molecular flexibility index (Phi) is 2.07. The van der Waals surface area contributed by atoms with Gasteiger partial charge in [-0.15, -0.1) is 10.2 Å². The first-order valence-corrected chi connectivity index (χ1v) is 4.22. The molecule has 2 aromatic rings. The predicted molar refractivity (Wildman–Crippen MR) is 45.5 cm³/mol. The molecule has 0 spiro atoms. The highest BCUT2D eigenvalue weighted by Crippen LogP contribution is 2.29. The van der Waals surface area contributed by atoms with Gasteiger partial charge in [0.25, 0.3) is 0 Å². The summed E-state index contributed by atoms with van der Waals surface area (Å²) >= 11 is 5.59. The Balaban J connectivity index is 2.85. The number of nitrogens with zero attached hydrogens (tertiary/aromatic N) is 4. The zero-order valence-electron chi connectivity index (χ0n) is 7.38. The van der Waals surface area contributed by atoms with E-state index in [-0.39, 0.29) is 16.5 Å². The van der Waals surface area contributed by atoms with Gasteiger partial charge in [-0.2, -0.15) is 13.2 Å². The number of hydrogen-bond donors (Lipinski definition) is 0. The fourth-order valence-corrected chi connectivity index (χ4v) is 1.37. The van der Waals surface area contributed by atoms with Crippen LogP contribution in [0.3, 0.4) is 0 Å². The first-order valence-electron chi connectivity index (χ1n) is 3.84. The summed E-state index contributed by atoms with van der Waals surface area (Å²) in [5.41, 5.74) is 0.177. The Bertz CT molecular complexity index is 519. The van der Waals surface area contributed by atoms with Gasteiger partial charge in [-0.3, -0.25) is 4.40 Å². The predicted octanol–water partition coefficient (Wildman–Crippen LogP) is 2.10. The third kappa shape index (κ3) is 1.52. The molecule has 0 aliphatic rings. The summed E-state index contributed by atoms with van der Waals surface area (Å²) in [5.74, 6) is -1.10. The molecule has 0 bridgehead atoms. The molecule has 0 radical (unpaired) electrons. The summed E-state index contributed by atoms with van der Waals surface area (Å²) in [4.78, 5) is 3.68. The number of fused-ring (bicyclic) bond motifs is 1. The van der Waals surface area contributed by atoms with Crippen molar-refractivity contribution in [3.63, 3.8) is 0 Å². The van der Waals surface area contributed by atoms with E-state index in [1.807, 2.05) is 0 Å². The smallest absolute Gasteiger partial charge is 0.272 e. The Morgan fingerprint density at radius 1 is 1.33 bits per heavy atom. The van der Waals surface area contributed by atoms with E-state index in [0.717, 1.165) is 4.40 Å². The molecule has 0 aliphatic carbocycles. The van der Waals surface area contributed by atoms with Crippen LogP contribution in [0.25, 0.3) is 5.65 Å². The molecule has 0 amide bonds. The minimum Gasteiger partial charge on any atom is -0.272 e. The van der Waals surface area contributed by atoms with Gasteiger partial charge in [-0.05, 0) is 6.92 Å². The Labute approximate surface area is 86.7 Å². The first-order chi connectivity index (χ1) is 6.91. The Morgan fingerprint density at radius 3 is 2.60 bits per heavy atom. The van der Waals surface area contributed by atoms with E-state index in [1.165, 1.54) is 13.1 Å². The van der Waals surface area contributed by atoms with E-state index in [0.29, 0.717) is 0 Å². The van der Waals surface area contributed by atoms with E-state index >= 15 is 0 Å². The topological polar surface area (TPSA) is 43.1 Å². The summed E-state index contributed by atoms with van der Waals surface area (Å²) in [6.07, 6.45) is -3.33. The highest BCUT2D eigenvalue weighted by atomic mass is 35.5. The van der Waals surface area contributed by atoms with E-state index in [9.17, 15) is 13.2 Å². The van der Waals surface area contributed by atoms with E-state index < -0.39 is 12.0 Å². The van der Waals surface area contributed by atoms with Gasteiger partial charge in [0, 0.05) is 11.9 Å². The van der Waals surface area contributed by atoms with Crippen LogP contribution in [0.5, 0.6) is 0 Å². The van der Waals surface area contributed by atoms with Crippen LogP contribution in [0.1, 0.15) is 11.5 Å². The maximum absolute atomic E-state index is 12.5. The second-order valence-corrected chi connectivity index (χ2v) is 3.23. The lowest BCUT2D eigenvalue weighted by Gasteiger charge is -2.06. The van der Waals surface area contributed by atoms with Crippen LogP contribution in [0.15, 0.2) is 6.20 Å². The van der Waals surface area contributed by atoms with Gasteiger partial charge in [0.15, 0.2) is 10.8 Å². The molecule has 2 heterocycles. The van der Waals surface area contributed by atoms with Gasteiger partial charge in [0.2, 0.25) is 5.82 Å². The van der Waals surface area contributed by atoms with Crippen LogP contribution in [0.4, 0.5) is 13.2 Å². The molecule has 0 unspecified atom stereocenters. The number of alkyl halides is 3. The van der Waals surface area contributed by atoms with Gasteiger partial charge in [0.05, 0.1) is 0 Å². The van der Waals surface area contributed by atoms with Gasteiger partial charge < -0.3 is 0 Å². The summed E-state index contributed by atoms with van der Waals surface area (Å²) in [5, 5.41) is 6.29. The molecule has 0 saturated heterocycles. The zero-order chi connectivity index (χ0) is 11.2. The van der Waals surface area contributed by atoms with Crippen molar-refractivity contribution in [3.05, 3.63) is 22.9 Å². The molecule has 0 fully saturated rings. The zero-order valence-corrected chi connectivity index (χ0v) is 8.13. The largest absolute Gasteiger partial charge is 0.452 e. The molecule has 0 aromatic carbocycles. The summed E-state index contributed by atoms with van der Waals surface area (Å²) < 4.78 is 38.3. The van der Waals surface area contributed by atoms with Crippen molar-refractivity contribution < 1.29 is 13.2 Å². The minimum atomic E-state index is -4.56. The average Bonchev–Trinajstić information content (AvgIpc) is 2.55. The van der Waals surface area contributed by atoms with Gasteiger partial charge in [0.1, 0.15) is 0 Å². The lowest BCUT2D eigenvalue weighted by Crippen LogP contribution is -2.12. The Morgan fingerprint density at radius 2 is 2.00 bits per heavy atom. The molecule has 8 heteroatoms. The third-order valence-electron chi connectivity index (χ3n) is 1.82. The maximum atomic E-state index is 12.5. The summed E-state index contributed by atoms with van der Waals surface area (Å²) in [6.45, 7) is 1.47. The molecule has 0 N–H and O–H groups in total. The van der Waals surface area contributed by atoms with Crippen LogP contribution in [0, 0.1) is 6.92 Å². The highest BCUT2D eigenvalue weighted by Gasteiger charge is 2.37. The normalized spacial score (nSPS) is 12.3. The van der Waals surface area contributed by atoms with Crippen molar-refractivity contribution in [3.8, 4) is 0 Å². The molecule has 4 nitrogen and oxygen atoms in total. The fourth-order valence-electron chi connectivity index (χ4n) is 1.20. The van der Waals surface area contributed by atoms with Crippen LogP contribution in [-0.2, 0) is 6.18 Å². The standard InChI is InChI=1S/C7H4ClF3N4/c1-3-2-12-4(8)5-13-14-6(15(3)5)7(9,10)11/h2H,1H3. The third-order valence-corrected chi connectivity index (χ3v) is 2.09. The van der Waals surface area contributed by atoms with Crippen molar-refractivity contribution in [1.82, 2.24) is 19.6 Å². The Hall–Kier alpha value is -1.37. The maximum Gasteiger partial charge on any atom is 0.452 e. The van der Waals surface area contributed by atoms with Crippen molar-refractivity contribution in [2.24, 2.45) is 0 Å². The fraction of sp³-hybridized carbons (Fsp3) is 0.286. The molecular weight excluding hydrogens is 233 g/mol. The van der Waals surface area contributed by atoms with Crippen molar-refractivity contribution >= 4 is 17.2 Å². The number of halogens is 4. The lowest BCUT2D eigenvalue weighted by molar-refractivity contribution is -0.145. The number of hydrogen-bond acceptors (Lipinski definition) is 3. The van der Waals surface area contributed by atoms with Crippen molar-refractivity contribution in [2.75, 3.05) is 0 Å². The highest BCUT2D eigenvalue weighted by molar-refractivity contribution is 6.32. The molecule has 0 atom stereocenters. The minimum absolute atomic E-state index is 0.0935. The summed E-state index contributed by atoms with van der Waals surface area (Å²) in [7, 11) is 0. The first kappa shape index (κ1) is 10.2. The molecule has 0 saturated carbocycles. The summed E-state index contributed by atoms with van der Waals surface area (Å²) in [6, 6.07) is 0. The quantitative estimate of drug-likeness (QED) is 0.704. The van der Waals surface area contributed by atoms with Crippen molar-refractivity contribution in [2.45, 2.75) is 13.1 Å². The van der Waals surface area contributed by atoms with Crippen LogP contribution in [-0.4, -0.2) is 19.6 Å². The number of aromatic nitrogens is 4. The molecule has 0 aliphatic heterocycles. The van der Waals surface area contributed by atoms with E-state index in [4.69, 9.17) is 11.6 Å². The second kappa shape index (κ2) is 3.06. The van der Waals surface area contributed by atoms with E-state index in [2.05, 4.69) is 15.2 Å².